The first kappa shape index (κ1) is 29.4. The summed E-state index contributed by atoms with van der Waals surface area (Å²) in [5.41, 5.74) is -1.03. The number of carboxylic acids is 1. The molecular weight excluding hydrogens is 548 g/mol. The second kappa shape index (κ2) is 11.0. The highest BCUT2D eigenvalue weighted by Crippen LogP contribution is 2.58. The lowest BCUT2D eigenvalue weighted by Gasteiger charge is -2.38. The molecule has 1 N–H and O–H groups in total. The first-order valence-corrected chi connectivity index (χ1v) is 13.3. The highest BCUT2D eigenvalue weighted by molar-refractivity contribution is 5.76. The summed E-state index contributed by atoms with van der Waals surface area (Å²) in [7, 11) is 1.29. The standard InChI is InChI=1S/C15H17F2NO3.C14H15F2NO3/c1-20-13(19)12-8-21-14(9-15(14,16)17)10-18(12)7-11-5-3-2-4-6-11;15-14(16)8-13(14)9-17(11(7-20-13)12(18)19)6-10-4-2-1-3-5-10/h2-6,12H,7-10H2,1H3;1-5,11H,6-9H2,(H,18,19). The van der Waals surface area contributed by atoms with E-state index in [0.29, 0.717) is 13.1 Å². The molecule has 12 heteroatoms. The molecule has 0 amide bonds. The minimum Gasteiger partial charge on any atom is -0.480 e. The van der Waals surface area contributed by atoms with Crippen LogP contribution >= 0.6 is 0 Å². The average molecular weight is 581 g/mol. The highest BCUT2D eigenvalue weighted by Gasteiger charge is 2.75. The van der Waals surface area contributed by atoms with Crippen molar-refractivity contribution in [1.29, 1.82) is 0 Å². The van der Waals surface area contributed by atoms with Gasteiger partial charge in [0.1, 0.15) is 23.3 Å². The van der Waals surface area contributed by atoms with Gasteiger partial charge < -0.3 is 19.3 Å². The number of nitrogens with zero attached hydrogens (tertiary/aromatic N) is 2. The summed E-state index contributed by atoms with van der Waals surface area (Å²) in [6, 6.07) is 17.2. The third-order valence-electron chi connectivity index (χ3n) is 8.15. The van der Waals surface area contributed by atoms with E-state index in [9.17, 15) is 32.3 Å². The van der Waals surface area contributed by atoms with Gasteiger partial charge in [-0.2, -0.15) is 0 Å². The fourth-order valence-electron chi connectivity index (χ4n) is 5.49. The number of esters is 1. The van der Waals surface area contributed by atoms with Crippen molar-refractivity contribution in [3.63, 3.8) is 0 Å². The Kier molecular flexibility index (Phi) is 7.88. The van der Waals surface area contributed by atoms with Gasteiger partial charge in [-0.15, -0.1) is 0 Å². The summed E-state index contributed by atoms with van der Waals surface area (Å²) in [5, 5.41) is 9.20. The predicted octanol–water partition coefficient (Wildman–Crippen LogP) is 3.59. The molecule has 6 rings (SSSR count). The van der Waals surface area contributed by atoms with Gasteiger partial charge in [0.2, 0.25) is 0 Å². The van der Waals surface area contributed by atoms with E-state index in [0.717, 1.165) is 11.1 Å². The van der Waals surface area contributed by atoms with Gasteiger partial charge in [0, 0.05) is 26.2 Å². The molecule has 4 atom stereocenters. The summed E-state index contributed by atoms with van der Waals surface area (Å²) >= 11 is 0. The second-order valence-electron chi connectivity index (χ2n) is 11.0. The number of hydrogen-bond donors (Lipinski definition) is 1. The Morgan fingerprint density at radius 2 is 1.20 bits per heavy atom. The maximum atomic E-state index is 13.5. The SMILES string of the molecule is COC(=O)C1COC2(CN1Cc1ccccc1)CC2(F)F.O=C(O)C1COC2(CN1Cc1ccccc1)CC2(F)F. The monoisotopic (exact) mass is 580 g/mol. The zero-order chi connectivity index (χ0) is 29.5. The van der Waals surface area contributed by atoms with Crippen molar-refractivity contribution in [3.8, 4) is 0 Å². The van der Waals surface area contributed by atoms with Crippen LogP contribution in [0.2, 0.25) is 0 Å². The van der Waals surface area contributed by atoms with Crippen LogP contribution in [0.1, 0.15) is 24.0 Å². The Morgan fingerprint density at radius 1 is 0.805 bits per heavy atom. The van der Waals surface area contributed by atoms with Crippen LogP contribution in [-0.4, -0.2) is 95.4 Å². The van der Waals surface area contributed by atoms with E-state index in [2.05, 4.69) is 0 Å². The van der Waals surface area contributed by atoms with Crippen LogP contribution in [0.25, 0.3) is 0 Å². The lowest BCUT2D eigenvalue weighted by Crippen LogP contribution is -2.55. The van der Waals surface area contributed by atoms with Crippen LogP contribution in [0.15, 0.2) is 60.7 Å². The first-order chi connectivity index (χ1) is 19.4. The number of halogens is 4. The molecule has 2 saturated heterocycles. The molecular formula is C29H32F4N2O6. The largest absolute Gasteiger partial charge is 0.480 e. The molecule has 2 saturated carbocycles. The third-order valence-corrected chi connectivity index (χ3v) is 8.15. The number of methoxy groups -OCH3 is 1. The Balaban J connectivity index is 0.000000165. The molecule has 2 aliphatic carbocycles. The molecule has 2 aromatic carbocycles. The lowest BCUT2D eigenvalue weighted by atomic mass is 10.1. The number of hydrogen-bond acceptors (Lipinski definition) is 7. The Labute approximate surface area is 234 Å². The predicted molar refractivity (Wildman–Crippen MR) is 137 cm³/mol. The van der Waals surface area contributed by atoms with Gasteiger partial charge in [-0.25, -0.2) is 17.6 Å². The van der Waals surface area contributed by atoms with Crippen LogP contribution in [0, 0.1) is 0 Å². The molecule has 2 aromatic rings. The van der Waals surface area contributed by atoms with Crippen molar-refractivity contribution < 1.29 is 46.5 Å². The molecule has 222 valence electrons. The Bertz CT molecular complexity index is 1250. The molecule has 2 aliphatic heterocycles. The smallest absolute Gasteiger partial charge is 0.325 e. The van der Waals surface area contributed by atoms with E-state index < -0.39 is 47.1 Å². The fourth-order valence-corrected chi connectivity index (χ4v) is 5.49. The quantitative estimate of drug-likeness (QED) is 0.410. The first-order valence-electron chi connectivity index (χ1n) is 13.3. The summed E-state index contributed by atoms with van der Waals surface area (Å²) in [5.74, 6) is -7.14. The second-order valence-corrected chi connectivity index (χ2v) is 11.0. The van der Waals surface area contributed by atoms with E-state index in [4.69, 9.17) is 14.2 Å². The van der Waals surface area contributed by atoms with Gasteiger partial charge >= 0.3 is 11.9 Å². The topological polar surface area (TPSA) is 88.5 Å². The molecule has 4 unspecified atom stereocenters. The molecule has 41 heavy (non-hydrogen) atoms. The van der Waals surface area contributed by atoms with E-state index >= 15 is 0 Å². The zero-order valence-electron chi connectivity index (χ0n) is 22.5. The van der Waals surface area contributed by atoms with Crippen molar-refractivity contribution >= 4 is 11.9 Å². The number of alkyl halides is 4. The number of carboxylic acid groups (broad SMARTS) is 1. The Morgan fingerprint density at radius 3 is 1.56 bits per heavy atom. The lowest BCUT2D eigenvalue weighted by molar-refractivity contribution is -0.168. The fraction of sp³-hybridized carbons (Fsp3) is 0.517. The number of carbonyl (C=O) groups excluding carboxylic acids is 1. The number of carbonyl (C=O) groups is 2. The van der Waals surface area contributed by atoms with Gasteiger partial charge in [0.25, 0.3) is 11.8 Å². The summed E-state index contributed by atoms with van der Waals surface area (Å²) in [4.78, 5) is 26.4. The molecule has 4 aliphatic rings. The van der Waals surface area contributed by atoms with E-state index in [-0.39, 0.29) is 39.1 Å². The molecule has 4 fully saturated rings. The number of benzene rings is 2. The van der Waals surface area contributed by atoms with Crippen molar-refractivity contribution in [2.45, 2.75) is 61.1 Å². The number of ether oxygens (including phenoxy) is 3. The maximum absolute atomic E-state index is 13.5. The number of rotatable bonds is 6. The van der Waals surface area contributed by atoms with Crippen LogP contribution in [0.3, 0.4) is 0 Å². The van der Waals surface area contributed by atoms with Crippen LogP contribution in [0.5, 0.6) is 0 Å². The van der Waals surface area contributed by atoms with Gasteiger partial charge in [-0.05, 0) is 11.1 Å². The van der Waals surface area contributed by atoms with E-state index in [1.807, 2.05) is 60.7 Å². The third kappa shape index (κ3) is 5.97. The van der Waals surface area contributed by atoms with Crippen LogP contribution < -0.4 is 0 Å². The summed E-state index contributed by atoms with van der Waals surface area (Å²) in [6.45, 7) is 0.480. The molecule has 2 heterocycles. The minimum atomic E-state index is -2.84. The summed E-state index contributed by atoms with van der Waals surface area (Å²) in [6.07, 6.45) is -0.600. The highest BCUT2D eigenvalue weighted by atomic mass is 19.3. The zero-order valence-corrected chi connectivity index (χ0v) is 22.5. The molecule has 8 nitrogen and oxygen atoms in total. The van der Waals surface area contributed by atoms with Crippen molar-refractivity contribution in [1.82, 2.24) is 9.80 Å². The van der Waals surface area contributed by atoms with Gasteiger partial charge in [0.05, 0.1) is 33.2 Å². The van der Waals surface area contributed by atoms with E-state index in [1.165, 1.54) is 7.11 Å². The van der Waals surface area contributed by atoms with Gasteiger partial charge in [-0.1, -0.05) is 60.7 Å². The number of morpholine rings is 2. The maximum Gasteiger partial charge on any atom is 0.325 e. The van der Waals surface area contributed by atoms with Gasteiger partial charge in [0.15, 0.2) is 0 Å². The molecule has 0 aromatic heterocycles. The number of aliphatic carboxylic acids is 1. The van der Waals surface area contributed by atoms with Crippen molar-refractivity contribution in [3.05, 3.63) is 71.8 Å². The van der Waals surface area contributed by atoms with Crippen molar-refractivity contribution in [2.75, 3.05) is 33.4 Å². The minimum absolute atomic E-state index is 0.0364. The van der Waals surface area contributed by atoms with Crippen LogP contribution in [-0.2, 0) is 36.9 Å². The normalized spacial score (nSPS) is 31.6. The molecule has 2 spiro atoms. The molecule has 0 bridgehead atoms. The Hall–Kier alpha value is -3.06. The summed E-state index contributed by atoms with van der Waals surface area (Å²) < 4.78 is 69.1. The molecule has 0 radical (unpaired) electrons. The average Bonchev–Trinajstić information content (AvgIpc) is 3.69. The van der Waals surface area contributed by atoms with E-state index in [1.54, 1.807) is 9.80 Å². The van der Waals surface area contributed by atoms with Crippen molar-refractivity contribution in [2.24, 2.45) is 0 Å². The van der Waals surface area contributed by atoms with Gasteiger partial charge in [-0.3, -0.25) is 19.4 Å². The van der Waals surface area contributed by atoms with Crippen LogP contribution in [0.4, 0.5) is 17.6 Å².